The van der Waals surface area contributed by atoms with Gasteiger partial charge in [0.1, 0.15) is 0 Å². The molecule has 84 valence electrons. The topological polar surface area (TPSA) is 0 Å². The van der Waals surface area contributed by atoms with Crippen molar-refractivity contribution in [2.24, 2.45) is 10.8 Å². The summed E-state index contributed by atoms with van der Waals surface area (Å²) in [5.74, 6) is 1.36. The molecule has 1 heterocycles. The molecule has 0 nitrogen and oxygen atoms in total. The van der Waals surface area contributed by atoms with Crippen LogP contribution in [0.3, 0.4) is 0 Å². The Bertz CT molecular complexity index is 170. The number of hydrogen-bond acceptors (Lipinski definition) is 1. The zero-order chi connectivity index (χ0) is 11.0. The van der Waals surface area contributed by atoms with Crippen LogP contribution in [0.25, 0.3) is 0 Å². The SMILES string of the molecule is CC(C)(C)C1(C(C)(C)C)CCCCS1. The molecule has 0 aromatic carbocycles. The molecule has 1 heteroatoms. The van der Waals surface area contributed by atoms with Crippen LogP contribution in [0, 0.1) is 10.8 Å². The highest BCUT2D eigenvalue weighted by molar-refractivity contribution is 8.00. The van der Waals surface area contributed by atoms with E-state index >= 15 is 0 Å². The summed E-state index contributed by atoms with van der Waals surface area (Å²) in [6.45, 7) is 14.5. The van der Waals surface area contributed by atoms with Crippen molar-refractivity contribution in [1.29, 1.82) is 0 Å². The maximum atomic E-state index is 2.41. The van der Waals surface area contributed by atoms with Crippen LogP contribution in [0.1, 0.15) is 60.8 Å². The van der Waals surface area contributed by atoms with Gasteiger partial charge >= 0.3 is 0 Å². The molecule has 0 amide bonds. The molecule has 1 rings (SSSR count). The second kappa shape index (κ2) is 3.73. The molecule has 1 aliphatic heterocycles. The van der Waals surface area contributed by atoms with E-state index in [1.807, 2.05) is 0 Å². The highest BCUT2D eigenvalue weighted by atomic mass is 32.2. The lowest BCUT2D eigenvalue weighted by Gasteiger charge is -2.55. The summed E-state index contributed by atoms with van der Waals surface area (Å²) < 4.78 is 0.470. The first kappa shape index (κ1) is 12.4. The monoisotopic (exact) mass is 214 g/mol. The Morgan fingerprint density at radius 1 is 0.857 bits per heavy atom. The van der Waals surface area contributed by atoms with Gasteiger partial charge in [0.15, 0.2) is 0 Å². The van der Waals surface area contributed by atoms with Crippen molar-refractivity contribution in [3.8, 4) is 0 Å². The van der Waals surface area contributed by atoms with E-state index in [2.05, 4.69) is 53.3 Å². The van der Waals surface area contributed by atoms with Crippen molar-refractivity contribution in [2.45, 2.75) is 65.6 Å². The fourth-order valence-electron chi connectivity index (χ4n) is 3.10. The molecule has 14 heavy (non-hydrogen) atoms. The fraction of sp³-hybridized carbons (Fsp3) is 1.00. The predicted octanol–water partition coefficient (Wildman–Crippen LogP) is 4.73. The Hall–Kier alpha value is 0.350. The Balaban J connectivity index is 3.01. The van der Waals surface area contributed by atoms with Crippen LogP contribution in [0.15, 0.2) is 0 Å². The van der Waals surface area contributed by atoms with Crippen LogP contribution >= 0.6 is 11.8 Å². The largest absolute Gasteiger partial charge is 0.154 e. The molecule has 1 saturated heterocycles. The number of rotatable bonds is 0. The zero-order valence-electron chi connectivity index (χ0n) is 10.7. The molecule has 0 N–H and O–H groups in total. The predicted molar refractivity (Wildman–Crippen MR) is 68.0 cm³/mol. The van der Waals surface area contributed by atoms with E-state index in [9.17, 15) is 0 Å². The van der Waals surface area contributed by atoms with Crippen LogP contribution in [0.4, 0.5) is 0 Å². The molecule has 0 aromatic heterocycles. The Kier molecular flexibility index (Phi) is 3.31. The summed E-state index contributed by atoms with van der Waals surface area (Å²) >= 11 is 2.22. The first-order valence-electron chi connectivity index (χ1n) is 5.85. The third-order valence-electron chi connectivity index (χ3n) is 3.69. The van der Waals surface area contributed by atoms with Crippen LogP contribution in [0.5, 0.6) is 0 Å². The van der Waals surface area contributed by atoms with Gasteiger partial charge in [-0.15, -0.1) is 0 Å². The van der Waals surface area contributed by atoms with E-state index in [1.54, 1.807) is 0 Å². The third kappa shape index (κ3) is 1.98. The average Bonchev–Trinajstić information content (AvgIpc) is 2.02. The summed E-state index contributed by atoms with van der Waals surface area (Å²) in [5.41, 5.74) is 0.826. The molecule has 1 fully saturated rings. The van der Waals surface area contributed by atoms with E-state index in [0.717, 1.165) is 0 Å². The molecule has 0 radical (unpaired) electrons. The highest BCUT2D eigenvalue weighted by Gasteiger charge is 2.51. The van der Waals surface area contributed by atoms with Gasteiger partial charge in [0.2, 0.25) is 0 Å². The first-order valence-corrected chi connectivity index (χ1v) is 6.83. The molecular formula is C13H26S. The van der Waals surface area contributed by atoms with Crippen LogP contribution in [-0.4, -0.2) is 10.5 Å². The summed E-state index contributed by atoms with van der Waals surface area (Å²) in [6, 6.07) is 0. The fourth-order valence-corrected chi connectivity index (χ4v) is 4.95. The third-order valence-corrected chi connectivity index (χ3v) is 6.11. The van der Waals surface area contributed by atoms with Crippen molar-refractivity contribution in [3.05, 3.63) is 0 Å². The maximum Gasteiger partial charge on any atom is 0.0256 e. The van der Waals surface area contributed by atoms with E-state index in [1.165, 1.54) is 25.0 Å². The summed E-state index contributed by atoms with van der Waals surface area (Å²) in [7, 11) is 0. The quantitative estimate of drug-likeness (QED) is 0.561. The summed E-state index contributed by atoms with van der Waals surface area (Å²) in [4.78, 5) is 0. The van der Waals surface area contributed by atoms with Gasteiger partial charge in [-0.2, -0.15) is 11.8 Å². The van der Waals surface area contributed by atoms with E-state index in [4.69, 9.17) is 0 Å². The molecule has 0 saturated carbocycles. The smallest absolute Gasteiger partial charge is 0.0256 e. The van der Waals surface area contributed by atoms with Crippen molar-refractivity contribution in [3.63, 3.8) is 0 Å². The zero-order valence-corrected chi connectivity index (χ0v) is 11.6. The van der Waals surface area contributed by atoms with Crippen LogP contribution in [-0.2, 0) is 0 Å². The van der Waals surface area contributed by atoms with Gasteiger partial charge in [-0.05, 0) is 29.4 Å². The standard InChI is InChI=1S/C13H26S/c1-11(2,3)13(12(4,5)6)9-7-8-10-14-13/h7-10H2,1-6H3. The first-order chi connectivity index (χ1) is 6.21. The van der Waals surface area contributed by atoms with Crippen LogP contribution in [0.2, 0.25) is 0 Å². The minimum Gasteiger partial charge on any atom is -0.154 e. The van der Waals surface area contributed by atoms with Gasteiger partial charge in [-0.1, -0.05) is 48.0 Å². The molecular weight excluding hydrogens is 188 g/mol. The van der Waals surface area contributed by atoms with Gasteiger partial charge < -0.3 is 0 Å². The number of thioether (sulfide) groups is 1. The maximum absolute atomic E-state index is 2.41. The Morgan fingerprint density at radius 2 is 1.36 bits per heavy atom. The Labute approximate surface area is 94.2 Å². The normalized spacial score (nSPS) is 23.6. The van der Waals surface area contributed by atoms with Crippen molar-refractivity contribution >= 4 is 11.8 Å². The van der Waals surface area contributed by atoms with Crippen molar-refractivity contribution in [2.75, 3.05) is 5.75 Å². The molecule has 0 atom stereocenters. The molecule has 1 aliphatic rings. The van der Waals surface area contributed by atoms with Crippen molar-refractivity contribution in [1.82, 2.24) is 0 Å². The lowest BCUT2D eigenvalue weighted by Crippen LogP contribution is -2.51. The Morgan fingerprint density at radius 3 is 1.57 bits per heavy atom. The number of hydrogen-bond donors (Lipinski definition) is 0. The van der Waals surface area contributed by atoms with Crippen LogP contribution < -0.4 is 0 Å². The molecule has 0 aromatic rings. The molecule has 0 aliphatic carbocycles. The molecule has 0 unspecified atom stereocenters. The van der Waals surface area contributed by atoms with Gasteiger partial charge in [-0.25, -0.2) is 0 Å². The molecule has 0 spiro atoms. The van der Waals surface area contributed by atoms with E-state index in [-0.39, 0.29) is 0 Å². The minimum atomic E-state index is 0.413. The van der Waals surface area contributed by atoms with Gasteiger partial charge in [-0.3, -0.25) is 0 Å². The lowest BCUT2D eigenvalue weighted by molar-refractivity contribution is 0.125. The van der Waals surface area contributed by atoms with Gasteiger partial charge in [0, 0.05) is 4.75 Å². The second-order valence-electron chi connectivity index (χ2n) is 6.63. The van der Waals surface area contributed by atoms with E-state index in [0.29, 0.717) is 15.6 Å². The average molecular weight is 214 g/mol. The molecule has 0 bridgehead atoms. The lowest BCUT2D eigenvalue weighted by atomic mass is 9.63. The summed E-state index contributed by atoms with van der Waals surface area (Å²) in [6.07, 6.45) is 4.23. The highest BCUT2D eigenvalue weighted by Crippen LogP contribution is 2.58. The van der Waals surface area contributed by atoms with E-state index < -0.39 is 0 Å². The minimum absolute atomic E-state index is 0.413. The van der Waals surface area contributed by atoms with Gasteiger partial charge in [0.05, 0.1) is 0 Å². The summed E-state index contributed by atoms with van der Waals surface area (Å²) in [5, 5.41) is 0. The van der Waals surface area contributed by atoms with Gasteiger partial charge in [0.25, 0.3) is 0 Å². The second-order valence-corrected chi connectivity index (χ2v) is 8.03. The van der Waals surface area contributed by atoms with Crippen molar-refractivity contribution < 1.29 is 0 Å².